The van der Waals surface area contributed by atoms with E-state index in [1.807, 2.05) is 19.1 Å². The summed E-state index contributed by atoms with van der Waals surface area (Å²) in [6.07, 6.45) is 1.71. The molecular formula is C12H19ClN2OS. The van der Waals surface area contributed by atoms with Crippen LogP contribution in [0.3, 0.4) is 0 Å². The van der Waals surface area contributed by atoms with Gasteiger partial charge in [0.2, 0.25) is 0 Å². The summed E-state index contributed by atoms with van der Waals surface area (Å²) < 4.78 is 0.795. The van der Waals surface area contributed by atoms with Crippen LogP contribution in [-0.4, -0.2) is 35.2 Å². The third-order valence-corrected chi connectivity index (χ3v) is 4.51. The van der Waals surface area contributed by atoms with Gasteiger partial charge in [-0.2, -0.15) is 0 Å². The van der Waals surface area contributed by atoms with Crippen LogP contribution >= 0.6 is 22.9 Å². The second-order valence-corrected chi connectivity index (χ2v) is 6.48. The largest absolute Gasteiger partial charge is 0.392 e. The molecule has 0 aliphatic carbocycles. The lowest BCUT2D eigenvalue weighted by atomic mass is 10.0. The summed E-state index contributed by atoms with van der Waals surface area (Å²) in [7, 11) is 0. The summed E-state index contributed by atoms with van der Waals surface area (Å²) in [5, 5.41) is 9.76. The van der Waals surface area contributed by atoms with E-state index in [-0.39, 0.29) is 18.2 Å². The number of nitrogens with two attached hydrogens (primary N) is 1. The Labute approximate surface area is 111 Å². The van der Waals surface area contributed by atoms with E-state index in [4.69, 9.17) is 17.3 Å². The number of hydrogen-bond acceptors (Lipinski definition) is 4. The van der Waals surface area contributed by atoms with Crippen molar-refractivity contribution in [1.29, 1.82) is 0 Å². The van der Waals surface area contributed by atoms with Crippen molar-refractivity contribution in [2.24, 2.45) is 5.73 Å². The molecule has 3 N–H and O–H groups in total. The van der Waals surface area contributed by atoms with Crippen molar-refractivity contribution >= 4 is 22.9 Å². The number of likely N-dealkylation sites (tertiary alicyclic amines) is 1. The lowest BCUT2D eigenvalue weighted by Gasteiger charge is -2.38. The highest BCUT2D eigenvalue weighted by Gasteiger charge is 2.29. The van der Waals surface area contributed by atoms with Gasteiger partial charge in [-0.1, -0.05) is 11.6 Å². The number of nitrogens with zero attached hydrogens (tertiary/aromatic N) is 1. The van der Waals surface area contributed by atoms with Gasteiger partial charge in [0, 0.05) is 17.5 Å². The number of thiophene rings is 1. The molecule has 3 nitrogen and oxygen atoms in total. The van der Waals surface area contributed by atoms with E-state index in [0.717, 1.165) is 23.7 Å². The number of halogens is 1. The third-order valence-electron chi connectivity index (χ3n) is 3.20. The van der Waals surface area contributed by atoms with E-state index < -0.39 is 0 Å². The summed E-state index contributed by atoms with van der Waals surface area (Å²) in [4.78, 5) is 3.47. The van der Waals surface area contributed by atoms with Gasteiger partial charge >= 0.3 is 0 Å². The molecule has 2 rings (SSSR count). The Bertz CT molecular complexity index is 369. The highest BCUT2D eigenvalue weighted by molar-refractivity contribution is 7.16. The molecule has 0 aromatic carbocycles. The minimum atomic E-state index is -0.222. The van der Waals surface area contributed by atoms with Crippen LogP contribution in [0.4, 0.5) is 0 Å². The van der Waals surface area contributed by atoms with Crippen molar-refractivity contribution < 1.29 is 5.11 Å². The smallest absolute Gasteiger partial charge is 0.0931 e. The fourth-order valence-electron chi connectivity index (χ4n) is 2.49. The Morgan fingerprint density at radius 2 is 2.35 bits per heavy atom. The number of aliphatic hydroxyl groups is 1. The molecule has 0 amide bonds. The van der Waals surface area contributed by atoms with Gasteiger partial charge in [-0.15, -0.1) is 11.3 Å². The van der Waals surface area contributed by atoms with Crippen LogP contribution < -0.4 is 5.73 Å². The maximum atomic E-state index is 9.76. The number of hydrogen-bond donors (Lipinski definition) is 2. The van der Waals surface area contributed by atoms with Gasteiger partial charge in [-0.05, 0) is 38.4 Å². The fourth-order valence-corrected chi connectivity index (χ4v) is 3.81. The Morgan fingerprint density at radius 1 is 1.59 bits per heavy atom. The van der Waals surface area contributed by atoms with Gasteiger partial charge < -0.3 is 10.8 Å². The van der Waals surface area contributed by atoms with Crippen LogP contribution in [0, 0.1) is 0 Å². The molecule has 96 valence electrons. The normalized spacial score (nSPS) is 25.8. The molecule has 3 atom stereocenters. The molecule has 1 aliphatic rings. The molecule has 0 radical (unpaired) electrons. The van der Waals surface area contributed by atoms with Crippen molar-refractivity contribution in [2.75, 3.05) is 13.1 Å². The van der Waals surface area contributed by atoms with Gasteiger partial charge in [0.15, 0.2) is 0 Å². The van der Waals surface area contributed by atoms with Gasteiger partial charge in [-0.3, -0.25) is 4.90 Å². The Kier molecular flexibility index (Phi) is 4.44. The van der Waals surface area contributed by atoms with Crippen LogP contribution in [0.5, 0.6) is 0 Å². The van der Waals surface area contributed by atoms with Gasteiger partial charge in [0.25, 0.3) is 0 Å². The van der Waals surface area contributed by atoms with E-state index in [1.54, 1.807) is 11.3 Å². The molecular weight excluding hydrogens is 256 g/mol. The minimum absolute atomic E-state index is 0.0371. The maximum absolute atomic E-state index is 9.76. The van der Waals surface area contributed by atoms with Crippen LogP contribution in [0.15, 0.2) is 12.1 Å². The quantitative estimate of drug-likeness (QED) is 0.889. The van der Waals surface area contributed by atoms with E-state index in [9.17, 15) is 5.11 Å². The average molecular weight is 275 g/mol. The predicted octanol–water partition coefficient (Wildman–Crippen LogP) is 2.25. The van der Waals surface area contributed by atoms with Crippen molar-refractivity contribution in [3.63, 3.8) is 0 Å². The lowest BCUT2D eigenvalue weighted by molar-refractivity contribution is 0.0414. The fraction of sp³-hybridized carbons (Fsp3) is 0.667. The Balaban J connectivity index is 2.17. The molecule has 3 unspecified atom stereocenters. The SMILES string of the molecule is CC(N)C(c1ccc(Cl)s1)N1CCCC(O)C1. The lowest BCUT2D eigenvalue weighted by Crippen LogP contribution is -2.45. The van der Waals surface area contributed by atoms with Gasteiger partial charge in [0.05, 0.1) is 16.5 Å². The van der Waals surface area contributed by atoms with Gasteiger partial charge in [0.1, 0.15) is 0 Å². The van der Waals surface area contributed by atoms with Crippen LogP contribution in [-0.2, 0) is 0 Å². The summed E-state index contributed by atoms with van der Waals surface area (Å²) >= 11 is 7.57. The first kappa shape index (κ1) is 13.3. The number of aliphatic hydroxyl groups excluding tert-OH is 1. The molecule has 0 spiro atoms. The molecule has 1 aromatic rings. The Morgan fingerprint density at radius 3 is 2.88 bits per heavy atom. The summed E-state index contributed by atoms with van der Waals surface area (Å²) in [5.74, 6) is 0. The second kappa shape index (κ2) is 5.67. The highest BCUT2D eigenvalue weighted by Crippen LogP contribution is 2.33. The molecule has 0 saturated carbocycles. The summed E-state index contributed by atoms with van der Waals surface area (Å²) in [6.45, 7) is 3.72. The number of piperidine rings is 1. The molecule has 17 heavy (non-hydrogen) atoms. The third kappa shape index (κ3) is 3.20. The highest BCUT2D eigenvalue weighted by atomic mass is 35.5. The van der Waals surface area contributed by atoms with Crippen molar-refractivity contribution in [3.05, 3.63) is 21.3 Å². The van der Waals surface area contributed by atoms with Crippen molar-refractivity contribution in [1.82, 2.24) is 4.90 Å². The zero-order valence-electron chi connectivity index (χ0n) is 9.97. The topological polar surface area (TPSA) is 49.5 Å². The van der Waals surface area contributed by atoms with Crippen molar-refractivity contribution in [3.8, 4) is 0 Å². The van der Waals surface area contributed by atoms with Crippen LogP contribution in [0.1, 0.15) is 30.7 Å². The molecule has 1 aromatic heterocycles. The van der Waals surface area contributed by atoms with E-state index in [0.29, 0.717) is 6.54 Å². The summed E-state index contributed by atoms with van der Waals surface area (Å²) in [6, 6.07) is 4.16. The van der Waals surface area contributed by atoms with E-state index in [2.05, 4.69) is 4.90 Å². The first-order valence-corrected chi connectivity index (χ1v) is 7.20. The maximum Gasteiger partial charge on any atom is 0.0931 e. The minimum Gasteiger partial charge on any atom is -0.392 e. The molecule has 0 bridgehead atoms. The zero-order valence-corrected chi connectivity index (χ0v) is 11.5. The monoisotopic (exact) mass is 274 g/mol. The van der Waals surface area contributed by atoms with E-state index >= 15 is 0 Å². The molecule has 1 fully saturated rings. The molecule has 1 aliphatic heterocycles. The average Bonchev–Trinajstić information content (AvgIpc) is 2.64. The van der Waals surface area contributed by atoms with Crippen molar-refractivity contribution in [2.45, 2.75) is 38.0 Å². The predicted molar refractivity (Wildman–Crippen MR) is 72.5 cm³/mol. The molecule has 2 heterocycles. The first-order valence-electron chi connectivity index (χ1n) is 6.01. The van der Waals surface area contributed by atoms with Gasteiger partial charge in [-0.25, -0.2) is 0 Å². The molecule has 1 saturated heterocycles. The van der Waals surface area contributed by atoms with Crippen LogP contribution in [0.25, 0.3) is 0 Å². The molecule has 5 heteroatoms. The Hall–Kier alpha value is -0.130. The van der Waals surface area contributed by atoms with Crippen LogP contribution in [0.2, 0.25) is 4.34 Å². The van der Waals surface area contributed by atoms with E-state index in [1.165, 1.54) is 4.88 Å². The summed E-state index contributed by atoms with van der Waals surface area (Å²) in [5.41, 5.74) is 6.09. The number of rotatable bonds is 3. The zero-order chi connectivity index (χ0) is 12.4. The standard InChI is InChI=1S/C12H19ClN2OS/c1-8(14)12(10-4-5-11(13)17-10)15-6-2-3-9(16)7-15/h4-5,8-9,12,16H,2-3,6-7,14H2,1H3. The number of β-amino-alcohol motifs (C(OH)–C–C–N with tert-alkyl or cyclic N) is 1. The second-order valence-electron chi connectivity index (χ2n) is 4.74. The first-order chi connectivity index (χ1) is 8.08.